The lowest BCUT2D eigenvalue weighted by Gasteiger charge is -2.09. The minimum absolute atomic E-state index is 0.408. The van der Waals surface area contributed by atoms with Gasteiger partial charge in [0.15, 0.2) is 0 Å². The topological polar surface area (TPSA) is 9.23 Å². The van der Waals surface area contributed by atoms with E-state index in [1.54, 1.807) is 6.07 Å². The van der Waals surface area contributed by atoms with E-state index in [0.29, 0.717) is 23.4 Å². The van der Waals surface area contributed by atoms with Crippen LogP contribution in [0.4, 0.5) is 0 Å². The first-order chi connectivity index (χ1) is 7.27. The summed E-state index contributed by atoms with van der Waals surface area (Å²) in [5, 5.41) is 0.679. The van der Waals surface area contributed by atoms with Gasteiger partial charge in [0, 0.05) is 16.5 Å². The maximum absolute atomic E-state index is 5.85. The molecule has 0 radical (unpaired) electrons. The smallest absolute Gasteiger partial charge is 0.123 e. The second kappa shape index (κ2) is 7.21. The molecule has 0 aromatic heterocycles. The molecule has 0 aliphatic rings. The average molecular weight is 268 g/mol. The van der Waals surface area contributed by atoms with Gasteiger partial charge in [-0.1, -0.05) is 11.6 Å². The number of rotatable bonds is 6. The number of hydrogen-bond acceptors (Lipinski definition) is 1. The molecule has 1 aromatic carbocycles. The van der Waals surface area contributed by atoms with Crippen molar-refractivity contribution in [1.29, 1.82) is 0 Å². The Morgan fingerprint density at radius 2 is 1.93 bits per heavy atom. The zero-order valence-corrected chi connectivity index (χ0v) is 10.6. The number of hydrogen-bond donors (Lipinski definition) is 0. The Labute approximate surface area is 105 Å². The van der Waals surface area contributed by atoms with E-state index in [1.807, 2.05) is 12.1 Å². The minimum atomic E-state index is 0.408. The summed E-state index contributed by atoms with van der Waals surface area (Å²) in [6.45, 7) is 0.665. The summed E-state index contributed by atoms with van der Waals surface area (Å²) >= 11 is 17.2. The van der Waals surface area contributed by atoms with Crippen molar-refractivity contribution in [3.8, 4) is 5.75 Å². The maximum Gasteiger partial charge on any atom is 0.123 e. The summed E-state index contributed by atoms with van der Waals surface area (Å²) in [6.07, 6.45) is 1.92. The first-order valence-corrected chi connectivity index (χ1v) is 6.25. The number of ether oxygens (including phenoxy) is 1. The van der Waals surface area contributed by atoms with E-state index < -0.39 is 0 Å². The minimum Gasteiger partial charge on any atom is -0.493 e. The van der Waals surface area contributed by atoms with Crippen molar-refractivity contribution in [3.05, 3.63) is 28.8 Å². The molecule has 84 valence electrons. The molecule has 0 spiro atoms. The average Bonchev–Trinajstić information content (AvgIpc) is 2.26. The van der Waals surface area contributed by atoms with E-state index in [0.717, 1.165) is 24.2 Å². The number of halogens is 3. The molecule has 0 bridgehead atoms. The Bertz CT molecular complexity index is 302. The summed E-state index contributed by atoms with van der Waals surface area (Å²) < 4.78 is 5.58. The van der Waals surface area contributed by atoms with Crippen LogP contribution in [0.15, 0.2) is 18.2 Å². The molecule has 15 heavy (non-hydrogen) atoms. The van der Waals surface area contributed by atoms with Crippen LogP contribution in [0.2, 0.25) is 5.02 Å². The second-order valence-corrected chi connectivity index (χ2v) is 4.21. The van der Waals surface area contributed by atoms with Crippen LogP contribution in [0.5, 0.6) is 5.75 Å². The van der Waals surface area contributed by atoms with Gasteiger partial charge in [-0.2, -0.15) is 0 Å². The number of benzene rings is 1. The van der Waals surface area contributed by atoms with Crippen molar-refractivity contribution in [1.82, 2.24) is 0 Å². The molecule has 0 unspecified atom stereocenters. The molecule has 0 N–H and O–H groups in total. The molecule has 0 saturated heterocycles. The van der Waals surface area contributed by atoms with Crippen molar-refractivity contribution >= 4 is 34.8 Å². The van der Waals surface area contributed by atoms with Gasteiger partial charge in [0.05, 0.1) is 12.5 Å². The van der Waals surface area contributed by atoms with E-state index in [1.165, 1.54) is 0 Å². The molecule has 1 nitrogen and oxygen atoms in total. The fraction of sp³-hybridized carbons (Fsp3) is 0.455. The molecule has 4 heteroatoms. The third kappa shape index (κ3) is 4.50. The maximum atomic E-state index is 5.85. The van der Waals surface area contributed by atoms with Crippen LogP contribution in [0.1, 0.15) is 18.4 Å². The molecule has 1 rings (SSSR count). The molecule has 0 amide bonds. The van der Waals surface area contributed by atoms with Crippen LogP contribution >= 0.6 is 34.8 Å². The van der Waals surface area contributed by atoms with Gasteiger partial charge in [-0.25, -0.2) is 0 Å². The predicted octanol–water partition coefficient (Wildman–Crippen LogP) is 4.48. The molecule has 0 saturated carbocycles. The van der Waals surface area contributed by atoms with Gasteiger partial charge < -0.3 is 4.74 Å². The van der Waals surface area contributed by atoms with Crippen LogP contribution < -0.4 is 4.74 Å². The fourth-order valence-electron chi connectivity index (χ4n) is 1.17. The Hall–Kier alpha value is -0.110. The van der Waals surface area contributed by atoms with E-state index in [2.05, 4.69) is 0 Å². The van der Waals surface area contributed by atoms with E-state index in [4.69, 9.17) is 39.5 Å². The van der Waals surface area contributed by atoms with Crippen molar-refractivity contribution < 1.29 is 4.74 Å². The lowest BCUT2D eigenvalue weighted by molar-refractivity contribution is 0.307. The molecular formula is C11H13Cl3O. The fourth-order valence-corrected chi connectivity index (χ4v) is 1.76. The van der Waals surface area contributed by atoms with Crippen molar-refractivity contribution in [2.24, 2.45) is 0 Å². The lowest BCUT2D eigenvalue weighted by atomic mass is 10.2. The monoisotopic (exact) mass is 266 g/mol. The van der Waals surface area contributed by atoms with Gasteiger partial charge in [-0.15, -0.1) is 23.2 Å². The molecule has 0 aliphatic heterocycles. The van der Waals surface area contributed by atoms with Crippen molar-refractivity contribution in [2.45, 2.75) is 18.7 Å². The molecule has 0 fully saturated rings. The Morgan fingerprint density at radius 3 is 2.60 bits per heavy atom. The normalized spacial score (nSPS) is 10.3. The Kier molecular flexibility index (Phi) is 6.23. The summed E-state index contributed by atoms with van der Waals surface area (Å²) in [5.74, 6) is 1.89. The summed E-state index contributed by atoms with van der Waals surface area (Å²) in [4.78, 5) is 0. The standard InChI is InChI=1S/C11H13Cl3O/c12-5-1-2-6-15-11-4-3-10(14)7-9(11)8-13/h3-4,7H,1-2,5-6,8H2. The molecule has 1 aromatic rings. The Morgan fingerprint density at radius 1 is 1.13 bits per heavy atom. The van der Waals surface area contributed by atoms with E-state index in [-0.39, 0.29) is 0 Å². The quantitative estimate of drug-likeness (QED) is 0.545. The highest BCUT2D eigenvalue weighted by atomic mass is 35.5. The molecular weight excluding hydrogens is 254 g/mol. The number of unbranched alkanes of at least 4 members (excludes halogenated alkanes) is 1. The van der Waals surface area contributed by atoms with Gasteiger partial charge >= 0.3 is 0 Å². The third-order valence-corrected chi connectivity index (χ3v) is 2.74. The van der Waals surface area contributed by atoms with Gasteiger partial charge in [-0.3, -0.25) is 0 Å². The second-order valence-electron chi connectivity index (χ2n) is 3.13. The van der Waals surface area contributed by atoms with Crippen LogP contribution in [0.25, 0.3) is 0 Å². The predicted molar refractivity (Wildman–Crippen MR) is 66.5 cm³/mol. The number of alkyl halides is 2. The van der Waals surface area contributed by atoms with Gasteiger partial charge in [0.1, 0.15) is 5.75 Å². The van der Waals surface area contributed by atoms with E-state index in [9.17, 15) is 0 Å². The molecule has 0 atom stereocenters. The highest BCUT2D eigenvalue weighted by Gasteiger charge is 2.03. The Balaban J connectivity index is 2.52. The SMILES string of the molecule is ClCCCCOc1ccc(Cl)cc1CCl. The van der Waals surface area contributed by atoms with Crippen LogP contribution in [-0.4, -0.2) is 12.5 Å². The van der Waals surface area contributed by atoms with Crippen LogP contribution in [0, 0.1) is 0 Å². The summed E-state index contributed by atoms with van der Waals surface area (Å²) in [7, 11) is 0. The van der Waals surface area contributed by atoms with Crippen molar-refractivity contribution in [2.75, 3.05) is 12.5 Å². The highest BCUT2D eigenvalue weighted by Crippen LogP contribution is 2.24. The van der Waals surface area contributed by atoms with Crippen LogP contribution in [-0.2, 0) is 5.88 Å². The first-order valence-electron chi connectivity index (χ1n) is 4.81. The first kappa shape index (κ1) is 13.0. The highest BCUT2D eigenvalue weighted by molar-refractivity contribution is 6.30. The van der Waals surface area contributed by atoms with Gasteiger partial charge in [-0.05, 0) is 31.0 Å². The van der Waals surface area contributed by atoms with Crippen LogP contribution in [0.3, 0.4) is 0 Å². The zero-order chi connectivity index (χ0) is 11.1. The molecule has 0 aliphatic carbocycles. The van der Waals surface area contributed by atoms with E-state index >= 15 is 0 Å². The summed E-state index contributed by atoms with van der Waals surface area (Å²) in [5.41, 5.74) is 0.926. The largest absolute Gasteiger partial charge is 0.493 e. The van der Waals surface area contributed by atoms with Crippen molar-refractivity contribution in [3.63, 3.8) is 0 Å². The van der Waals surface area contributed by atoms with Gasteiger partial charge in [0.25, 0.3) is 0 Å². The molecule has 0 heterocycles. The van der Waals surface area contributed by atoms with Gasteiger partial charge in [0.2, 0.25) is 0 Å². The lowest BCUT2D eigenvalue weighted by Crippen LogP contribution is -1.99. The third-order valence-electron chi connectivity index (χ3n) is 1.95. The zero-order valence-electron chi connectivity index (χ0n) is 8.31. The summed E-state index contributed by atoms with van der Waals surface area (Å²) in [6, 6.07) is 5.47.